The summed E-state index contributed by atoms with van der Waals surface area (Å²) >= 11 is 0. The fourth-order valence-electron chi connectivity index (χ4n) is 3.25. The van der Waals surface area contributed by atoms with Gasteiger partial charge in [-0.25, -0.2) is 0 Å². The fourth-order valence-corrected chi connectivity index (χ4v) is 3.25. The quantitative estimate of drug-likeness (QED) is 0.739. The number of piperidine rings is 1. The van der Waals surface area contributed by atoms with Crippen molar-refractivity contribution in [3.63, 3.8) is 0 Å². The van der Waals surface area contributed by atoms with E-state index in [0.29, 0.717) is 0 Å². The van der Waals surface area contributed by atoms with Crippen molar-refractivity contribution in [3.8, 4) is 5.75 Å². The molecule has 1 N–H and O–H groups in total. The molecule has 1 aliphatic rings. The molecule has 124 valence electrons. The Labute approximate surface area is 136 Å². The molecular formula is C19H32N2O. The number of likely N-dealkylation sites (tertiary alicyclic amines) is 1. The van der Waals surface area contributed by atoms with Gasteiger partial charge in [0.05, 0.1) is 7.11 Å². The summed E-state index contributed by atoms with van der Waals surface area (Å²) in [6.07, 6.45) is 5.17. The van der Waals surface area contributed by atoms with E-state index >= 15 is 0 Å². The molecule has 22 heavy (non-hydrogen) atoms. The Morgan fingerprint density at radius 1 is 1.36 bits per heavy atom. The number of rotatable bonds is 8. The van der Waals surface area contributed by atoms with Gasteiger partial charge in [0.25, 0.3) is 0 Å². The Bertz CT molecular complexity index is 447. The number of benzene rings is 1. The van der Waals surface area contributed by atoms with Crippen molar-refractivity contribution < 1.29 is 4.74 Å². The van der Waals surface area contributed by atoms with Gasteiger partial charge in [-0.3, -0.25) is 4.90 Å². The SMILES string of the molecule is CCCCNCc1ccc(CN2CCCC(C)C2)cc1OC. The van der Waals surface area contributed by atoms with E-state index < -0.39 is 0 Å². The fraction of sp³-hybridized carbons (Fsp3) is 0.684. The van der Waals surface area contributed by atoms with Gasteiger partial charge in [0.1, 0.15) is 5.75 Å². The van der Waals surface area contributed by atoms with E-state index in [1.807, 2.05) is 0 Å². The average Bonchev–Trinajstić information content (AvgIpc) is 2.52. The predicted molar refractivity (Wildman–Crippen MR) is 93.3 cm³/mol. The molecule has 2 rings (SSSR count). The van der Waals surface area contributed by atoms with Crippen LogP contribution >= 0.6 is 0 Å². The maximum atomic E-state index is 5.59. The summed E-state index contributed by atoms with van der Waals surface area (Å²) in [5.41, 5.74) is 2.62. The molecule has 3 nitrogen and oxygen atoms in total. The lowest BCUT2D eigenvalue weighted by atomic mass is 9.99. The second-order valence-corrected chi connectivity index (χ2v) is 6.66. The number of unbranched alkanes of at least 4 members (excludes halogenated alkanes) is 1. The molecule has 0 aliphatic carbocycles. The van der Waals surface area contributed by atoms with E-state index in [-0.39, 0.29) is 0 Å². The van der Waals surface area contributed by atoms with Crippen LogP contribution < -0.4 is 10.1 Å². The van der Waals surface area contributed by atoms with E-state index in [4.69, 9.17) is 4.74 Å². The Kier molecular flexibility index (Phi) is 7.20. The van der Waals surface area contributed by atoms with Gasteiger partial charge in [0, 0.05) is 25.2 Å². The van der Waals surface area contributed by atoms with Gasteiger partial charge in [-0.2, -0.15) is 0 Å². The first kappa shape index (κ1) is 17.3. The van der Waals surface area contributed by atoms with Crippen molar-refractivity contribution in [2.45, 2.75) is 52.6 Å². The van der Waals surface area contributed by atoms with Gasteiger partial charge < -0.3 is 10.1 Å². The molecule has 1 saturated heterocycles. The van der Waals surface area contributed by atoms with E-state index in [2.05, 4.69) is 42.3 Å². The van der Waals surface area contributed by atoms with Gasteiger partial charge in [-0.1, -0.05) is 32.4 Å². The summed E-state index contributed by atoms with van der Waals surface area (Å²) in [6.45, 7) is 10.0. The molecule has 0 radical (unpaired) electrons. The molecular weight excluding hydrogens is 272 g/mol. The van der Waals surface area contributed by atoms with E-state index in [1.165, 1.54) is 49.9 Å². The molecule has 0 spiro atoms. The topological polar surface area (TPSA) is 24.5 Å². The highest BCUT2D eigenvalue weighted by atomic mass is 16.5. The number of nitrogens with one attached hydrogen (secondary N) is 1. The highest BCUT2D eigenvalue weighted by molar-refractivity contribution is 5.37. The lowest BCUT2D eigenvalue weighted by molar-refractivity contribution is 0.176. The van der Waals surface area contributed by atoms with Gasteiger partial charge in [0.15, 0.2) is 0 Å². The van der Waals surface area contributed by atoms with Crippen LogP contribution in [0, 0.1) is 5.92 Å². The van der Waals surface area contributed by atoms with E-state index in [1.54, 1.807) is 7.11 Å². The number of hydrogen-bond donors (Lipinski definition) is 1. The smallest absolute Gasteiger partial charge is 0.123 e. The van der Waals surface area contributed by atoms with Gasteiger partial charge >= 0.3 is 0 Å². The first-order chi connectivity index (χ1) is 10.7. The minimum absolute atomic E-state index is 0.831. The molecule has 0 amide bonds. The summed E-state index contributed by atoms with van der Waals surface area (Å²) in [5, 5.41) is 3.49. The first-order valence-electron chi connectivity index (χ1n) is 8.81. The predicted octanol–water partition coefficient (Wildman–Crippen LogP) is 3.82. The van der Waals surface area contributed by atoms with Crippen LogP contribution in [0.2, 0.25) is 0 Å². The highest BCUT2D eigenvalue weighted by Crippen LogP contribution is 2.23. The molecule has 0 saturated carbocycles. The van der Waals surface area contributed by atoms with Crippen LogP contribution in [0.25, 0.3) is 0 Å². The molecule has 1 aliphatic heterocycles. The van der Waals surface area contributed by atoms with E-state index in [0.717, 1.165) is 31.3 Å². The number of methoxy groups -OCH3 is 1. The average molecular weight is 304 g/mol. The largest absolute Gasteiger partial charge is 0.496 e. The van der Waals surface area contributed by atoms with Crippen LogP contribution in [-0.4, -0.2) is 31.6 Å². The zero-order chi connectivity index (χ0) is 15.8. The molecule has 1 aromatic carbocycles. The standard InChI is InChI=1S/C19H32N2O/c1-4-5-10-20-13-18-9-8-17(12-19(18)22-3)15-21-11-6-7-16(2)14-21/h8-9,12,16,20H,4-7,10-11,13-15H2,1-3H3. The molecule has 1 aromatic rings. The Hall–Kier alpha value is -1.06. The molecule has 1 unspecified atom stereocenters. The third-order valence-electron chi connectivity index (χ3n) is 4.52. The summed E-state index contributed by atoms with van der Waals surface area (Å²) < 4.78 is 5.59. The molecule has 0 aromatic heterocycles. The Morgan fingerprint density at radius 3 is 2.95 bits per heavy atom. The maximum Gasteiger partial charge on any atom is 0.123 e. The zero-order valence-corrected chi connectivity index (χ0v) is 14.5. The molecule has 1 fully saturated rings. The number of nitrogens with zero attached hydrogens (tertiary/aromatic N) is 1. The van der Waals surface area contributed by atoms with Gasteiger partial charge in [-0.15, -0.1) is 0 Å². The second kappa shape index (κ2) is 9.16. The second-order valence-electron chi connectivity index (χ2n) is 6.66. The third kappa shape index (κ3) is 5.29. The summed E-state index contributed by atoms with van der Waals surface area (Å²) in [5.74, 6) is 1.85. The molecule has 1 heterocycles. The van der Waals surface area contributed by atoms with Crippen LogP contribution in [0.5, 0.6) is 5.75 Å². The highest BCUT2D eigenvalue weighted by Gasteiger charge is 2.16. The minimum atomic E-state index is 0.831. The lowest BCUT2D eigenvalue weighted by Crippen LogP contribution is -2.33. The van der Waals surface area contributed by atoms with Crippen molar-refractivity contribution in [3.05, 3.63) is 29.3 Å². The van der Waals surface area contributed by atoms with Crippen LogP contribution in [0.1, 0.15) is 50.7 Å². The number of hydrogen-bond acceptors (Lipinski definition) is 3. The number of ether oxygens (including phenoxy) is 1. The van der Waals surface area contributed by atoms with Crippen LogP contribution in [0.3, 0.4) is 0 Å². The molecule has 1 atom stereocenters. The van der Waals surface area contributed by atoms with Crippen molar-refractivity contribution in [2.24, 2.45) is 5.92 Å². The zero-order valence-electron chi connectivity index (χ0n) is 14.5. The minimum Gasteiger partial charge on any atom is -0.496 e. The van der Waals surface area contributed by atoms with Crippen molar-refractivity contribution >= 4 is 0 Å². The van der Waals surface area contributed by atoms with Crippen molar-refractivity contribution in [1.29, 1.82) is 0 Å². The molecule has 3 heteroatoms. The van der Waals surface area contributed by atoms with Crippen molar-refractivity contribution in [1.82, 2.24) is 10.2 Å². The van der Waals surface area contributed by atoms with Crippen molar-refractivity contribution in [2.75, 3.05) is 26.7 Å². The monoisotopic (exact) mass is 304 g/mol. The normalized spacial score (nSPS) is 19.3. The first-order valence-corrected chi connectivity index (χ1v) is 8.81. The van der Waals surface area contributed by atoms with Crippen LogP contribution in [-0.2, 0) is 13.1 Å². The lowest BCUT2D eigenvalue weighted by Gasteiger charge is -2.31. The van der Waals surface area contributed by atoms with Crippen LogP contribution in [0.4, 0.5) is 0 Å². The Balaban J connectivity index is 1.92. The Morgan fingerprint density at radius 2 is 2.23 bits per heavy atom. The summed E-state index contributed by atoms with van der Waals surface area (Å²) in [6, 6.07) is 6.70. The van der Waals surface area contributed by atoms with Gasteiger partial charge in [0.2, 0.25) is 0 Å². The van der Waals surface area contributed by atoms with E-state index in [9.17, 15) is 0 Å². The molecule has 0 bridgehead atoms. The van der Waals surface area contributed by atoms with Crippen LogP contribution in [0.15, 0.2) is 18.2 Å². The van der Waals surface area contributed by atoms with Gasteiger partial charge in [-0.05, 0) is 49.9 Å². The third-order valence-corrected chi connectivity index (χ3v) is 4.52. The maximum absolute atomic E-state index is 5.59. The summed E-state index contributed by atoms with van der Waals surface area (Å²) in [4.78, 5) is 2.57. The summed E-state index contributed by atoms with van der Waals surface area (Å²) in [7, 11) is 1.78.